The molecule has 3 heterocycles. The molecule has 0 saturated heterocycles. The predicted octanol–water partition coefficient (Wildman–Crippen LogP) is 5.17. The molecule has 3 rings (SSSR count). The van der Waals surface area contributed by atoms with E-state index in [-0.39, 0.29) is 24.8 Å². The maximum Gasteiger partial charge on any atom is 0.316 e. The SMILES string of the molecule is CC[C@H](CC(F)(F)CCCCc1ccc2c(n1)NCCC2)c1cnc(OC)nc1. The lowest BCUT2D eigenvalue weighted by Gasteiger charge is -2.22. The average molecular weight is 405 g/mol. The molecule has 0 aromatic carbocycles. The highest BCUT2D eigenvalue weighted by Crippen LogP contribution is 2.35. The van der Waals surface area contributed by atoms with Gasteiger partial charge in [0.1, 0.15) is 5.82 Å². The van der Waals surface area contributed by atoms with Gasteiger partial charge in [0, 0.05) is 37.5 Å². The number of nitrogens with zero attached hydrogens (tertiary/aromatic N) is 3. The molecule has 0 spiro atoms. The molecule has 0 aliphatic carbocycles. The molecule has 0 radical (unpaired) electrons. The number of ether oxygens (including phenoxy) is 1. The number of pyridine rings is 1. The maximum atomic E-state index is 14.6. The second-order valence-corrected chi connectivity index (χ2v) is 7.72. The standard InChI is InChI=1S/C22H30F2N4O/c1-3-16(18-14-26-21(29-2)27-15-18)13-22(23,24)11-5-4-8-19-10-9-17-7-6-12-25-20(17)28-19/h9-10,14-16H,3-8,11-13H2,1-2H3,(H,25,28)/t16-/m1/s1. The summed E-state index contributed by atoms with van der Waals surface area (Å²) >= 11 is 0. The summed E-state index contributed by atoms with van der Waals surface area (Å²) in [5.41, 5.74) is 2.96. The van der Waals surface area contributed by atoms with Gasteiger partial charge in [-0.3, -0.25) is 0 Å². The lowest BCUT2D eigenvalue weighted by Crippen LogP contribution is -2.20. The summed E-state index contributed by atoms with van der Waals surface area (Å²) in [5, 5.41) is 3.32. The van der Waals surface area contributed by atoms with Crippen LogP contribution in [-0.4, -0.2) is 34.5 Å². The summed E-state index contributed by atoms with van der Waals surface area (Å²) in [7, 11) is 1.48. The van der Waals surface area contributed by atoms with Gasteiger partial charge in [0.15, 0.2) is 0 Å². The van der Waals surface area contributed by atoms with E-state index < -0.39 is 5.92 Å². The number of alkyl halides is 2. The summed E-state index contributed by atoms with van der Waals surface area (Å²) in [6, 6.07) is 4.39. The fraction of sp³-hybridized carbons (Fsp3) is 0.591. The molecule has 0 saturated carbocycles. The van der Waals surface area contributed by atoms with Crippen LogP contribution in [0.15, 0.2) is 24.5 Å². The fourth-order valence-corrected chi connectivity index (χ4v) is 3.80. The Labute approximate surface area is 171 Å². The number of nitrogens with one attached hydrogen (secondary N) is 1. The Kier molecular flexibility index (Phi) is 7.34. The van der Waals surface area contributed by atoms with Gasteiger partial charge in [-0.15, -0.1) is 0 Å². The largest absolute Gasteiger partial charge is 0.467 e. The smallest absolute Gasteiger partial charge is 0.316 e. The number of aromatic nitrogens is 3. The summed E-state index contributed by atoms with van der Waals surface area (Å²) in [6.45, 7) is 2.87. The summed E-state index contributed by atoms with van der Waals surface area (Å²) in [6.07, 6.45) is 7.62. The number of unbranched alkanes of at least 4 members (excludes halogenated alkanes) is 1. The van der Waals surface area contributed by atoms with Gasteiger partial charge in [0.25, 0.3) is 0 Å². The first kappa shape index (κ1) is 21.4. The molecule has 1 aliphatic heterocycles. The molecule has 2 aromatic heterocycles. The molecule has 1 N–H and O–H groups in total. The van der Waals surface area contributed by atoms with Gasteiger partial charge in [0.05, 0.1) is 7.11 Å². The molecule has 158 valence electrons. The van der Waals surface area contributed by atoms with Crippen molar-refractivity contribution in [3.63, 3.8) is 0 Å². The summed E-state index contributed by atoms with van der Waals surface area (Å²) in [4.78, 5) is 12.7. The first-order valence-electron chi connectivity index (χ1n) is 10.5. The average Bonchev–Trinajstić information content (AvgIpc) is 2.75. The molecular weight excluding hydrogens is 374 g/mol. The van der Waals surface area contributed by atoms with E-state index >= 15 is 0 Å². The van der Waals surface area contributed by atoms with Gasteiger partial charge in [-0.05, 0) is 61.6 Å². The fourth-order valence-electron chi connectivity index (χ4n) is 3.80. The van der Waals surface area contributed by atoms with Crippen molar-refractivity contribution in [3.8, 4) is 6.01 Å². The first-order valence-corrected chi connectivity index (χ1v) is 10.5. The molecule has 0 bridgehead atoms. The Morgan fingerprint density at radius 2 is 2.00 bits per heavy atom. The molecule has 29 heavy (non-hydrogen) atoms. The zero-order valence-electron chi connectivity index (χ0n) is 17.3. The van der Waals surface area contributed by atoms with E-state index in [0.29, 0.717) is 19.3 Å². The van der Waals surface area contributed by atoms with Crippen LogP contribution >= 0.6 is 0 Å². The van der Waals surface area contributed by atoms with E-state index in [0.717, 1.165) is 42.9 Å². The van der Waals surface area contributed by atoms with E-state index in [9.17, 15) is 8.78 Å². The minimum atomic E-state index is -2.70. The third-order valence-electron chi connectivity index (χ3n) is 5.52. The number of anilines is 1. The zero-order chi connectivity index (χ0) is 20.7. The van der Waals surface area contributed by atoms with Crippen LogP contribution in [0.2, 0.25) is 0 Å². The Morgan fingerprint density at radius 1 is 1.21 bits per heavy atom. The van der Waals surface area contributed by atoms with Crippen LogP contribution in [0.25, 0.3) is 0 Å². The number of hydrogen-bond acceptors (Lipinski definition) is 5. The van der Waals surface area contributed by atoms with Crippen molar-refractivity contribution in [3.05, 3.63) is 41.3 Å². The van der Waals surface area contributed by atoms with Crippen molar-refractivity contribution >= 4 is 5.82 Å². The van der Waals surface area contributed by atoms with E-state index in [4.69, 9.17) is 4.74 Å². The molecule has 1 aliphatic rings. The van der Waals surface area contributed by atoms with Gasteiger partial charge in [-0.1, -0.05) is 13.0 Å². The lowest BCUT2D eigenvalue weighted by atomic mass is 9.90. The van der Waals surface area contributed by atoms with Crippen molar-refractivity contribution in [1.29, 1.82) is 0 Å². The third kappa shape index (κ3) is 6.08. The Morgan fingerprint density at radius 3 is 2.72 bits per heavy atom. The number of halogens is 2. The lowest BCUT2D eigenvalue weighted by molar-refractivity contribution is -0.0251. The third-order valence-corrected chi connectivity index (χ3v) is 5.52. The number of fused-ring (bicyclic) bond motifs is 1. The van der Waals surface area contributed by atoms with Gasteiger partial charge >= 0.3 is 6.01 Å². The van der Waals surface area contributed by atoms with Crippen molar-refractivity contribution in [2.75, 3.05) is 19.0 Å². The molecule has 0 unspecified atom stereocenters. The monoisotopic (exact) mass is 404 g/mol. The zero-order valence-corrected chi connectivity index (χ0v) is 17.3. The highest BCUT2D eigenvalue weighted by atomic mass is 19.3. The van der Waals surface area contributed by atoms with E-state index in [2.05, 4.69) is 26.3 Å². The Balaban J connectivity index is 1.47. The maximum absolute atomic E-state index is 14.6. The molecular formula is C22H30F2N4O. The number of hydrogen-bond donors (Lipinski definition) is 1. The second kappa shape index (κ2) is 9.94. The van der Waals surface area contributed by atoms with E-state index in [1.807, 2.05) is 13.0 Å². The topological polar surface area (TPSA) is 59.9 Å². The number of methoxy groups -OCH3 is 1. The summed E-state index contributed by atoms with van der Waals surface area (Å²) in [5.74, 6) is -2.00. The predicted molar refractivity (Wildman–Crippen MR) is 110 cm³/mol. The van der Waals surface area contributed by atoms with Gasteiger partial charge in [0.2, 0.25) is 5.92 Å². The van der Waals surface area contributed by atoms with Crippen molar-refractivity contribution < 1.29 is 13.5 Å². The molecule has 5 nitrogen and oxygen atoms in total. The van der Waals surface area contributed by atoms with Crippen molar-refractivity contribution in [2.24, 2.45) is 0 Å². The molecule has 1 atom stereocenters. The van der Waals surface area contributed by atoms with Crippen molar-refractivity contribution in [2.45, 2.75) is 70.1 Å². The second-order valence-electron chi connectivity index (χ2n) is 7.72. The van der Waals surface area contributed by atoms with Crippen molar-refractivity contribution in [1.82, 2.24) is 15.0 Å². The number of rotatable bonds is 10. The quantitative estimate of drug-likeness (QED) is 0.554. The highest BCUT2D eigenvalue weighted by Gasteiger charge is 2.32. The van der Waals surface area contributed by atoms with Crippen LogP contribution in [0.1, 0.15) is 68.2 Å². The van der Waals surface area contributed by atoms with E-state index in [1.165, 1.54) is 12.7 Å². The van der Waals surface area contributed by atoms with Crippen LogP contribution < -0.4 is 10.1 Å². The van der Waals surface area contributed by atoms with Crippen LogP contribution in [0, 0.1) is 0 Å². The summed E-state index contributed by atoms with van der Waals surface area (Å²) < 4.78 is 34.0. The number of aryl methyl sites for hydroxylation is 2. The molecule has 0 fully saturated rings. The van der Waals surface area contributed by atoms with Crippen LogP contribution in [0.4, 0.5) is 14.6 Å². The minimum Gasteiger partial charge on any atom is -0.467 e. The first-order chi connectivity index (χ1) is 14.0. The molecule has 7 heteroatoms. The van der Waals surface area contributed by atoms with E-state index in [1.54, 1.807) is 12.4 Å². The van der Waals surface area contributed by atoms with Gasteiger partial charge < -0.3 is 10.1 Å². The highest BCUT2D eigenvalue weighted by molar-refractivity contribution is 5.46. The molecule has 2 aromatic rings. The van der Waals surface area contributed by atoms with Crippen LogP contribution in [0.3, 0.4) is 0 Å². The molecule has 0 amide bonds. The minimum absolute atomic E-state index is 0.107. The Bertz CT molecular complexity index is 783. The van der Waals surface area contributed by atoms with Crippen LogP contribution in [0.5, 0.6) is 6.01 Å². The normalized spacial score (nSPS) is 14.8. The van der Waals surface area contributed by atoms with Crippen LogP contribution in [-0.2, 0) is 12.8 Å². The Hall–Kier alpha value is -2.31. The van der Waals surface area contributed by atoms with Gasteiger partial charge in [-0.2, -0.15) is 0 Å². The van der Waals surface area contributed by atoms with Gasteiger partial charge in [-0.25, -0.2) is 23.7 Å².